The number of sulfonamides is 1. The van der Waals surface area contributed by atoms with Crippen LogP contribution in [0.2, 0.25) is 0 Å². The molecule has 0 saturated heterocycles. The molecule has 0 unspecified atom stereocenters. The molecule has 0 radical (unpaired) electrons. The fourth-order valence-electron chi connectivity index (χ4n) is 3.73. The second-order valence-electron chi connectivity index (χ2n) is 8.01. The predicted molar refractivity (Wildman–Crippen MR) is 123 cm³/mol. The lowest BCUT2D eigenvalue weighted by Crippen LogP contribution is -2.38. The van der Waals surface area contributed by atoms with Crippen LogP contribution in [-0.4, -0.2) is 39.1 Å². The van der Waals surface area contributed by atoms with E-state index in [2.05, 4.69) is 10.6 Å². The van der Waals surface area contributed by atoms with Gasteiger partial charge in [-0.2, -0.15) is 0 Å². The number of carbonyl (C=O) groups is 2. The molecule has 31 heavy (non-hydrogen) atoms. The Balaban J connectivity index is 1.73. The molecule has 1 aliphatic rings. The maximum absolute atomic E-state index is 12.8. The number of aryl methyl sites for hydroxylation is 1. The zero-order chi connectivity index (χ0) is 22.4. The molecule has 0 aliphatic heterocycles. The summed E-state index contributed by atoms with van der Waals surface area (Å²) in [6, 6.07) is 13.8. The Morgan fingerprint density at radius 2 is 1.65 bits per heavy atom. The molecule has 0 bridgehead atoms. The highest BCUT2D eigenvalue weighted by atomic mass is 32.2. The van der Waals surface area contributed by atoms with Crippen molar-refractivity contribution in [2.24, 2.45) is 0 Å². The van der Waals surface area contributed by atoms with Crippen LogP contribution in [0, 0.1) is 6.92 Å². The summed E-state index contributed by atoms with van der Waals surface area (Å²) in [6.45, 7) is 1.51. The van der Waals surface area contributed by atoms with Crippen LogP contribution in [0.15, 0.2) is 48.5 Å². The van der Waals surface area contributed by atoms with Crippen molar-refractivity contribution >= 4 is 33.2 Å². The van der Waals surface area contributed by atoms with E-state index in [0.29, 0.717) is 16.9 Å². The van der Waals surface area contributed by atoms with Crippen molar-refractivity contribution in [1.82, 2.24) is 5.32 Å². The molecule has 2 amide bonds. The molecule has 2 aromatic carbocycles. The van der Waals surface area contributed by atoms with E-state index < -0.39 is 15.9 Å². The first kappa shape index (κ1) is 22.8. The average molecular weight is 444 g/mol. The summed E-state index contributed by atoms with van der Waals surface area (Å²) < 4.78 is 25.6. The topological polar surface area (TPSA) is 95.6 Å². The van der Waals surface area contributed by atoms with Gasteiger partial charge in [0.2, 0.25) is 15.9 Å². The normalized spacial score (nSPS) is 14.6. The van der Waals surface area contributed by atoms with E-state index in [9.17, 15) is 18.0 Å². The first-order valence-corrected chi connectivity index (χ1v) is 12.3. The Hall–Kier alpha value is -2.87. The van der Waals surface area contributed by atoms with Crippen LogP contribution in [0.3, 0.4) is 0 Å². The van der Waals surface area contributed by atoms with E-state index in [1.54, 1.807) is 48.5 Å². The Morgan fingerprint density at radius 1 is 1.00 bits per heavy atom. The van der Waals surface area contributed by atoms with Crippen LogP contribution in [0.1, 0.15) is 48.0 Å². The fraction of sp³-hybridized carbons (Fsp3) is 0.391. The Labute approximate surface area is 183 Å². The van der Waals surface area contributed by atoms with E-state index in [0.717, 1.165) is 41.8 Å². The third kappa shape index (κ3) is 6.30. The minimum Gasteiger partial charge on any atom is -0.349 e. The van der Waals surface area contributed by atoms with Crippen LogP contribution < -0.4 is 14.9 Å². The highest BCUT2D eigenvalue weighted by Crippen LogP contribution is 2.21. The van der Waals surface area contributed by atoms with Crippen molar-refractivity contribution in [3.63, 3.8) is 0 Å². The van der Waals surface area contributed by atoms with Gasteiger partial charge in [0, 0.05) is 6.04 Å². The highest BCUT2D eigenvalue weighted by Gasteiger charge is 2.23. The molecule has 0 atom stereocenters. The minimum absolute atomic E-state index is 0.146. The highest BCUT2D eigenvalue weighted by molar-refractivity contribution is 7.92. The third-order valence-corrected chi connectivity index (χ3v) is 6.54. The van der Waals surface area contributed by atoms with Gasteiger partial charge in [0.25, 0.3) is 5.91 Å². The largest absolute Gasteiger partial charge is 0.349 e. The van der Waals surface area contributed by atoms with E-state index >= 15 is 0 Å². The van der Waals surface area contributed by atoms with Gasteiger partial charge in [-0.1, -0.05) is 49.1 Å². The van der Waals surface area contributed by atoms with Crippen molar-refractivity contribution in [3.05, 3.63) is 59.7 Å². The SMILES string of the molecule is Cc1ccc(N(CC(=O)Nc2ccccc2C(=O)NC2CCCCC2)S(C)(=O)=O)cc1. The summed E-state index contributed by atoms with van der Waals surface area (Å²) in [5.74, 6) is -0.759. The van der Waals surface area contributed by atoms with Gasteiger partial charge in [-0.3, -0.25) is 13.9 Å². The molecule has 2 N–H and O–H groups in total. The van der Waals surface area contributed by atoms with E-state index in [-0.39, 0.29) is 18.5 Å². The molecular weight excluding hydrogens is 414 g/mol. The Kier molecular flexibility index (Phi) is 7.33. The van der Waals surface area contributed by atoms with Gasteiger partial charge in [0.05, 0.1) is 23.2 Å². The second-order valence-corrected chi connectivity index (χ2v) is 9.91. The number of nitrogens with one attached hydrogen (secondary N) is 2. The molecule has 3 rings (SSSR count). The summed E-state index contributed by atoms with van der Waals surface area (Å²) in [5.41, 5.74) is 2.12. The van der Waals surface area contributed by atoms with Crippen molar-refractivity contribution in [2.75, 3.05) is 22.4 Å². The first-order valence-electron chi connectivity index (χ1n) is 10.5. The predicted octanol–water partition coefficient (Wildman–Crippen LogP) is 3.46. The van der Waals surface area contributed by atoms with Crippen LogP contribution in [0.25, 0.3) is 0 Å². The average Bonchev–Trinajstić information content (AvgIpc) is 2.73. The number of hydrogen-bond acceptors (Lipinski definition) is 4. The zero-order valence-corrected chi connectivity index (χ0v) is 18.7. The maximum Gasteiger partial charge on any atom is 0.253 e. The minimum atomic E-state index is -3.67. The number of benzene rings is 2. The summed E-state index contributed by atoms with van der Waals surface area (Å²) in [7, 11) is -3.67. The molecule has 1 aliphatic carbocycles. The van der Waals surface area contributed by atoms with Gasteiger partial charge < -0.3 is 10.6 Å². The van der Waals surface area contributed by atoms with E-state index in [4.69, 9.17) is 0 Å². The number of amides is 2. The second kappa shape index (κ2) is 9.96. The van der Waals surface area contributed by atoms with E-state index in [1.807, 2.05) is 6.92 Å². The molecule has 2 aromatic rings. The summed E-state index contributed by atoms with van der Waals surface area (Å²) >= 11 is 0. The number of para-hydroxylation sites is 1. The zero-order valence-electron chi connectivity index (χ0n) is 17.9. The Bertz CT molecular complexity index is 1030. The van der Waals surface area contributed by atoms with Gasteiger partial charge in [-0.05, 0) is 44.0 Å². The number of anilines is 2. The standard InChI is InChI=1S/C23H29N3O4S/c1-17-12-14-19(15-13-17)26(31(2,29)30)16-22(27)25-21-11-7-6-10-20(21)23(28)24-18-8-4-3-5-9-18/h6-7,10-15,18H,3-5,8-9,16H2,1-2H3,(H,24,28)(H,25,27). The monoisotopic (exact) mass is 443 g/mol. The van der Waals surface area contributed by atoms with Gasteiger partial charge in [-0.25, -0.2) is 8.42 Å². The molecule has 0 spiro atoms. The van der Waals surface area contributed by atoms with Gasteiger partial charge >= 0.3 is 0 Å². The third-order valence-electron chi connectivity index (χ3n) is 5.40. The summed E-state index contributed by atoms with van der Waals surface area (Å²) in [6.07, 6.45) is 6.37. The number of nitrogens with zero attached hydrogens (tertiary/aromatic N) is 1. The number of rotatable bonds is 7. The smallest absolute Gasteiger partial charge is 0.253 e. The van der Waals surface area contributed by atoms with Crippen molar-refractivity contribution in [3.8, 4) is 0 Å². The molecule has 1 saturated carbocycles. The van der Waals surface area contributed by atoms with Crippen molar-refractivity contribution in [2.45, 2.75) is 45.1 Å². The van der Waals surface area contributed by atoms with Crippen molar-refractivity contribution < 1.29 is 18.0 Å². The van der Waals surface area contributed by atoms with Crippen LogP contribution in [0.4, 0.5) is 11.4 Å². The maximum atomic E-state index is 12.8. The Morgan fingerprint density at radius 3 is 2.29 bits per heavy atom. The quantitative estimate of drug-likeness (QED) is 0.685. The van der Waals surface area contributed by atoms with Crippen LogP contribution in [-0.2, 0) is 14.8 Å². The fourth-order valence-corrected chi connectivity index (χ4v) is 4.59. The molecule has 0 aromatic heterocycles. The van der Waals surface area contributed by atoms with Crippen LogP contribution in [0.5, 0.6) is 0 Å². The first-order chi connectivity index (χ1) is 14.7. The van der Waals surface area contributed by atoms with Gasteiger partial charge in [0.15, 0.2) is 0 Å². The molecule has 1 fully saturated rings. The molecule has 8 heteroatoms. The molecule has 7 nitrogen and oxygen atoms in total. The van der Waals surface area contributed by atoms with Gasteiger partial charge in [-0.15, -0.1) is 0 Å². The van der Waals surface area contributed by atoms with E-state index in [1.165, 1.54) is 6.42 Å². The van der Waals surface area contributed by atoms with Crippen molar-refractivity contribution in [1.29, 1.82) is 0 Å². The number of hydrogen-bond donors (Lipinski definition) is 2. The summed E-state index contributed by atoms with van der Waals surface area (Å²) in [4.78, 5) is 25.5. The van der Waals surface area contributed by atoms with Crippen LogP contribution >= 0.6 is 0 Å². The summed E-state index contributed by atoms with van der Waals surface area (Å²) in [5, 5.41) is 5.75. The lowest BCUT2D eigenvalue weighted by molar-refractivity contribution is -0.114. The molecule has 0 heterocycles. The number of carbonyl (C=O) groups excluding carboxylic acids is 2. The lowest BCUT2D eigenvalue weighted by atomic mass is 9.95. The molecule has 166 valence electrons. The van der Waals surface area contributed by atoms with Gasteiger partial charge in [0.1, 0.15) is 6.54 Å². The molecular formula is C23H29N3O4S. The lowest BCUT2D eigenvalue weighted by Gasteiger charge is -2.24.